The predicted octanol–water partition coefficient (Wildman–Crippen LogP) is -0.140. The molecule has 1 aliphatic rings. The fraction of sp³-hybridized carbons (Fsp3) is 0.611. The van der Waals surface area contributed by atoms with Gasteiger partial charge in [0.2, 0.25) is 5.91 Å². The maximum absolute atomic E-state index is 14.0. The molecule has 5 atom stereocenters. The van der Waals surface area contributed by atoms with Crippen LogP contribution in [-0.4, -0.2) is 76.3 Å². The van der Waals surface area contributed by atoms with Gasteiger partial charge in [-0.25, -0.2) is 4.39 Å². The first-order valence-electron chi connectivity index (χ1n) is 8.69. The van der Waals surface area contributed by atoms with E-state index in [0.29, 0.717) is 13.1 Å². The van der Waals surface area contributed by atoms with Crippen molar-refractivity contribution in [3.63, 3.8) is 0 Å². The van der Waals surface area contributed by atoms with Crippen molar-refractivity contribution in [2.45, 2.75) is 50.2 Å². The van der Waals surface area contributed by atoms with Crippen LogP contribution in [0.5, 0.6) is 0 Å². The van der Waals surface area contributed by atoms with Crippen molar-refractivity contribution in [1.29, 1.82) is 0 Å². The number of hydrogen-bond donors (Lipinski definition) is 4. The molecule has 0 radical (unpaired) electrons. The molecule has 0 unspecified atom stereocenters. The first-order chi connectivity index (χ1) is 12.0. The van der Waals surface area contributed by atoms with Crippen LogP contribution in [0.2, 0.25) is 0 Å². The molecule has 1 fully saturated rings. The number of aliphatic hydroxyl groups is 3. The van der Waals surface area contributed by atoms with Gasteiger partial charge in [-0.2, -0.15) is 0 Å². The molecule has 1 heterocycles. The van der Waals surface area contributed by atoms with Crippen molar-refractivity contribution >= 4 is 5.91 Å². The summed E-state index contributed by atoms with van der Waals surface area (Å²) in [4.78, 5) is 14.2. The normalized spacial score (nSPS) is 29.4. The number of aliphatic hydroxyl groups excluding tert-OH is 3. The molecule has 7 heteroatoms. The average Bonchev–Trinajstić information content (AvgIpc) is 2.64. The minimum Gasteiger partial charge on any atom is -0.395 e. The predicted molar refractivity (Wildman–Crippen MR) is 91.7 cm³/mol. The molecule has 1 amide bonds. The van der Waals surface area contributed by atoms with Gasteiger partial charge in [0.15, 0.2) is 6.17 Å². The molecule has 4 N–H and O–H groups in total. The minimum absolute atomic E-state index is 0.420. The van der Waals surface area contributed by atoms with Crippen LogP contribution >= 0.6 is 0 Å². The summed E-state index contributed by atoms with van der Waals surface area (Å²) in [7, 11) is 0. The van der Waals surface area contributed by atoms with Gasteiger partial charge in [0.25, 0.3) is 0 Å². The van der Waals surface area contributed by atoms with Crippen LogP contribution in [-0.2, 0) is 11.2 Å². The second kappa shape index (κ2) is 9.24. The van der Waals surface area contributed by atoms with E-state index in [1.54, 1.807) is 4.90 Å². The molecule has 1 aromatic rings. The van der Waals surface area contributed by atoms with Crippen molar-refractivity contribution in [3.05, 3.63) is 35.9 Å². The van der Waals surface area contributed by atoms with E-state index in [2.05, 4.69) is 5.32 Å². The van der Waals surface area contributed by atoms with E-state index in [4.69, 9.17) is 0 Å². The van der Waals surface area contributed by atoms with Gasteiger partial charge < -0.3 is 20.2 Å². The number of likely N-dealkylation sites (N-methyl/N-ethyl adjacent to an activating group) is 1. The van der Waals surface area contributed by atoms with E-state index in [-0.39, 0.29) is 0 Å². The highest BCUT2D eigenvalue weighted by atomic mass is 19.1. The van der Waals surface area contributed by atoms with Crippen LogP contribution in [0.3, 0.4) is 0 Å². The van der Waals surface area contributed by atoms with Crippen LogP contribution in [0, 0.1) is 0 Å². The number of rotatable bonds is 7. The Hall–Kier alpha value is -1.54. The Kier molecular flexibility index (Phi) is 7.31. The number of aryl methyl sites for hydroxylation is 1. The van der Waals surface area contributed by atoms with Crippen LogP contribution in [0.25, 0.3) is 0 Å². The van der Waals surface area contributed by atoms with Gasteiger partial charge in [-0.3, -0.25) is 10.1 Å². The number of benzene rings is 1. The molecule has 2 rings (SSSR count). The highest BCUT2D eigenvalue weighted by molar-refractivity contribution is 5.83. The van der Waals surface area contributed by atoms with Crippen molar-refractivity contribution < 1.29 is 24.5 Å². The van der Waals surface area contributed by atoms with Crippen LogP contribution in [0.1, 0.15) is 18.9 Å². The van der Waals surface area contributed by atoms with E-state index in [1.165, 1.54) is 5.56 Å². The number of amides is 1. The lowest BCUT2D eigenvalue weighted by Crippen LogP contribution is -2.68. The summed E-state index contributed by atoms with van der Waals surface area (Å²) in [6.07, 6.45) is -3.60. The molecule has 1 aromatic carbocycles. The SMILES string of the molecule is CCN(CCCc1ccccc1)C(=O)[C@H]1N[C@H](CO)[C@@H](O)[C@@H](F)[C@@H]1O. The number of hydrogen-bond acceptors (Lipinski definition) is 5. The van der Waals surface area contributed by atoms with E-state index >= 15 is 0 Å². The molecule has 0 aromatic heterocycles. The molecule has 1 saturated heterocycles. The van der Waals surface area contributed by atoms with Crippen molar-refractivity contribution in [3.8, 4) is 0 Å². The number of carbonyl (C=O) groups is 1. The van der Waals surface area contributed by atoms with E-state index in [1.807, 2.05) is 37.3 Å². The van der Waals surface area contributed by atoms with E-state index in [0.717, 1.165) is 12.8 Å². The summed E-state index contributed by atoms with van der Waals surface area (Å²) in [6.45, 7) is 2.22. The molecule has 1 aliphatic heterocycles. The van der Waals surface area contributed by atoms with Crippen molar-refractivity contribution in [1.82, 2.24) is 10.2 Å². The Balaban J connectivity index is 1.95. The lowest BCUT2D eigenvalue weighted by Gasteiger charge is -2.40. The molecule has 0 aliphatic carbocycles. The summed E-state index contributed by atoms with van der Waals surface area (Å²) in [6, 6.07) is 7.75. The quantitative estimate of drug-likeness (QED) is 0.547. The molecule has 25 heavy (non-hydrogen) atoms. The Bertz CT molecular complexity index is 543. The lowest BCUT2D eigenvalue weighted by atomic mass is 9.90. The third-order valence-electron chi connectivity index (χ3n) is 4.69. The molecule has 0 bridgehead atoms. The van der Waals surface area contributed by atoms with E-state index < -0.39 is 43.0 Å². The fourth-order valence-electron chi connectivity index (χ4n) is 3.15. The zero-order valence-electron chi connectivity index (χ0n) is 14.4. The van der Waals surface area contributed by atoms with Crippen LogP contribution in [0.4, 0.5) is 4.39 Å². The highest BCUT2D eigenvalue weighted by Gasteiger charge is 2.46. The van der Waals surface area contributed by atoms with Crippen molar-refractivity contribution in [2.24, 2.45) is 0 Å². The summed E-state index contributed by atoms with van der Waals surface area (Å²) < 4.78 is 14.0. The number of carbonyl (C=O) groups excluding carboxylic acids is 1. The topological polar surface area (TPSA) is 93.0 Å². The number of nitrogens with zero attached hydrogens (tertiary/aromatic N) is 1. The Morgan fingerprint density at radius 3 is 2.52 bits per heavy atom. The minimum atomic E-state index is -1.98. The fourth-order valence-corrected chi connectivity index (χ4v) is 3.15. The highest BCUT2D eigenvalue weighted by Crippen LogP contribution is 2.20. The maximum atomic E-state index is 14.0. The molecular weight excluding hydrogens is 327 g/mol. The summed E-state index contributed by atoms with van der Waals surface area (Å²) in [5.74, 6) is -0.420. The Labute approximate surface area is 147 Å². The van der Waals surface area contributed by atoms with Gasteiger partial charge in [0.1, 0.15) is 18.2 Å². The zero-order chi connectivity index (χ0) is 18.4. The molecule has 6 nitrogen and oxygen atoms in total. The second-order valence-corrected chi connectivity index (χ2v) is 6.37. The zero-order valence-corrected chi connectivity index (χ0v) is 14.4. The van der Waals surface area contributed by atoms with Crippen LogP contribution in [0.15, 0.2) is 30.3 Å². The maximum Gasteiger partial charge on any atom is 0.242 e. The average molecular weight is 354 g/mol. The molecule has 140 valence electrons. The van der Waals surface area contributed by atoms with Crippen LogP contribution < -0.4 is 5.32 Å². The molecule has 0 saturated carbocycles. The smallest absolute Gasteiger partial charge is 0.242 e. The first-order valence-corrected chi connectivity index (χ1v) is 8.69. The molecular formula is C18H27FN2O4. The van der Waals surface area contributed by atoms with Crippen molar-refractivity contribution in [2.75, 3.05) is 19.7 Å². The summed E-state index contributed by atoms with van der Waals surface area (Å²) in [5, 5.41) is 31.6. The van der Waals surface area contributed by atoms with Gasteiger partial charge >= 0.3 is 0 Å². The monoisotopic (exact) mass is 354 g/mol. The standard InChI is InChI=1S/C18H27FN2O4/c1-2-21(10-6-9-12-7-4-3-5-8-12)18(25)15-17(24)14(19)16(23)13(11-22)20-15/h3-5,7-8,13-17,20,22-24H,2,6,9-11H2,1H3/t13-,14-,15+,16-,17+/m1/s1. The summed E-state index contributed by atoms with van der Waals surface area (Å²) in [5.41, 5.74) is 1.18. The Morgan fingerprint density at radius 2 is 1.92 bits per heavy atom. The van der Waals surface area contributed by atoms with Gasteiger partial charge in [0, 0.05) is 13.1 Å². The van der Waals surface area contributed by atoms with Gasteiger partial charge in [0.05, 0.1) is 12.6 Å². The molecule has 0 spiro atoms. The number of piperidine rings is 1. The third-order valence-corrected chi connectivity index (χ3v) is 4.69. The largest absolute Gasteiger partial charge is 0.395 e. The summed E-state index contributed by atoms with van der Waals surface area (Å²) >= 11 is 0. The third kappa shape index (κ3) is 4.76. The van der Waals surface area contributed by atoms with Gasteiger partial charge in [-0.05, 0) is 25.3 Å². The Morgan fingerprint density at radius 1 is 1.24 bits per heavy atom. The van der Waals surface area contributed by atoms with Gasteiger partial charge in [-0.15, -0.1) is 0 Å². The lowest BCUT2D eigenvalue weighted by molar-refractivity contribution is -0.146. The second-order valence-electron chi connectivity index (χ2n) is 6.37. The number of alkyl halides is 1. The van der Waals surface area contributed by atoms with Gasteiger partial charge in [-0.1, -0.05) is 30.3 Å². The number of halogens is 1. The number of nitrogens with one attached hydrogen (secondary N) is 1. The van der Waals surface area contributed by atoms with E-state index in [9.17, 15) is 24.5 Å². The first kappa shape index (κ1) is 19.8.